The molecule has 1 aromatic heterocycles. The van der Waals surface area contributed by atoms with E-state index >= 15 is 0 Å². The monoisotopic (exact) mass is 218 g/mol. The molecule has 0 bridgehead atoms. The molecule has 16 heavy (non-hydrogen) atoms. The Bertz CT molecular complexity index is 411. The van der Waals surface area contributed by atoms with E-state index in [0.717, 1.165) is 31.0 Å². The number of aryl methyl sites for hydroxylation is 1. The minimum atomic E-state index is 0.273. The first kappa shape index (κ1) is 10.7. The Kier molecular flexibility index (Phi) is 2.93. The van der Waals surface area contributed by atoms with Crippen LogP contribution in [0.5, 0.6) is 0 Å². The van der Waals surface area contributed by atoms with Crippen LogP contribution in [0.4, 0.5) is 11.4 Å². The minimum Gasteiger partial charge on any atom is -0.397 e. The fourth-order valence-corrected chi connectivity index (χ4v) is 1.65. The van der Waals surface area contributed by atoms with Gasteiger partial charge in [0.1, 0.15) is 11.8 Å². The summed E-state index contributed by atoms with van der Waals surface area (Å²) in [5, 5.41) is 11.9. The molecule has 0 saturated carbocycles. The quantitative estimate of drug-likeness (QED) is 0.792. The van der Waals surface area contributed by atoms with Crippen LogP contribution in [0.25, 0.3) is 0 Å². The van der Waals surface area contributed by atoms with Crippen molar-refractivity contribution in [3.8, 4) is 6.07 Å². The lowest BCUT2D eigenvalue weighted by molar-refractivity contribution is -0.0410. The lowest BCUT2D eigenvalue weighted by atomic mass is 10.1. The maximum atomic E-state index is 8.73. The molecule has 1 fully saturated rings. The van der Waals surface area contributed by atoms with Crippen molar-refractivity contribution in [2.75, 3.05) is 24.2 Å². The Morgan fingerprint density at radius 2 is 2.50 bits per heavy atom. The molecule has 5 nitrogen and oxygen atoms in total. The maximum absolute atomic E-state index is 8.73. The molecule has 0 amide bonds. The predicted molar refractivity (Wildman–Crippen MR) is 60.9 cm³/mol. The Labute approximate surface area is 94.2 Å². The Morgan fingerprint density at radius 3 is 3.00 bits per heavy atom. The molecular weight excluding hydrogens is 204 g/mol. The van der Waals surface area contributed by atoms with Crippen LogP contribution in [-0.4, -0.2) is 24.2 Å². The second kappa shape index (κ2) is 4.37. The third-order valence-electron chi connectivity index (χ3n) is 2.65. The van der Waals surface area contributed by atoms with E-state index in [-0.39, 0.29) is 6.10 Å². The number of nitrogens with zero attached hydrogens (tertiary/aromatic N) is 2. The lowest BCUT2D eigenvalue weighted by Crippen LogP contribution is -2.33. The number of pyridine rings is 1. The number of nitrogens with one attached hydrogen (secondary N) is 1. The fraction of sp³-hybridized carbons (Fsp3) is 0.455. The van der Waals surface area contributed by atoms with Gasteiger partial charge in [-0.05, 0) is 19.4 Å². The zero-order valence-electron chi connectivity index (χ0n) is 9.16. The molecule has 0 aliphatic carbocycles. The second-order valence-corrected chi connectivity index (χ2v) is 3.83. The number of aromatic nitrogens is 1. The summed E-state index contributed by atoms with van der Waals surface area (Å²) in [4.78, 5) is 4.13. The highest BCUT2D eigenvalue weighted by atomic mass is 16.5. The summed E-state index contributed by atoms with van der Waals surface area (Å²) >= 11 is 0. The summed E-state index contributed by atoms with van der Waals surface area (Å²) in [5.41, 5.74) is 8.30. The SMILES string of the molecule is Cc1nc(C#N)cc(N)c1NCC1CCO1. The molecule has 0 radical (unpaired) electrons. The van der Waals surface area contributed by atoms with Crippen LogP contribution in [0.15, 0.2) is 6.07 Å². The van der Waals surface area contributed by atoms with Crippen LogP contribution < -0.4 is 11.1 Å². The molecule has 1 aliphatic rings. The van der Waals surface area contributed by atoms with Crippen LogP contribution in [0.1, 0.15) is 17.8 Å². The first-order valence-electron chi connectivity index (χ1n) is 5.23. The number of rotatable bonds is 3. The molecule has 1 aliphatic heterocycles. The average molecular weight is 218 g/mol. The van der Waals surface area contributed by atoms with Crippen molar-refractivity contribution in [1.82, 2.24) is 4.98 Å². The van der Waals surface area contributed by atoms with Crippen molar-refractivity contribution in [2.24, 2.45) is 0 Å². The summed E-state index contributed by atoms with van der Waals surface area (Å²) < 4.78 is 5.30. The van der Waals surface area contributed by atoms with Crippen LogP contribution in [0.2, 0.25) is 0 Å². The van der Waals surface area contributed by atoms with Crippen molar-refractivity contribution < 1.29 is 4.74 Å². The molecule has 1 unspecified atom stereocenters. The van der Waals surface area contributed by atoms with Crippen molar-refractivity contribution >= 4 is 11.4 Å². The van der Waals surface area contributed by atoms with Gasteiger partial charge in [-0.2, -0.15) is 5.26 Å². The molecular formula is C11H14N4O. The van der Waals surface area contributed by atoms with E-state index in [0.29, 0.717) is 11.4 Å². The molecule has 2 heterocycles. The van der Waals surface area contributed by atoms with Gasteiger partial charge in [0, 0.05) is 13.2 Å². The average Bonchev–Trinajstić information content (AvgIpc) is 2.19. The first-order chi connectivity index (χ1) is 7.70. The summed E-state index contributed by atoms with van der Waals surface area (Å²) in [7, 11) is 0. The topological polar surface area (TPSA) is 84.0 Å². The largest absolute Gasteiger partial charge is 0.397 e. The van der Waals surface area contributed by atoms with Crippen molar-refractivity contribution in [2.45, 2.75) is 19.4 Å². The van der Waals surface area contributed by atoms with E-state index in [1.54, 1.807) is 6.07 Å². The summed E-state index contributed by atoms with van der Waals surface area (Å²) in [6.45, 7) is 3.41. The van der Waals surface area contributed by atoms with Gasteiger partial charge in [-0.3, -0.25) is 0 Å². The second-order valence-electron chi connectivity index (χ2n) is 3.83. The number of nitrogens with two attached hydrogens (primary N) is 1. The highest BCUT2D eigenvalue weighted by molar-refractivity contribution is 5.69. The molecule has 1 aromatic rings. The molecule has 0 spiro atoms. The van der Waals surface area contributed by atoms with Crippen LogP contribution in [0.3, 0.4) is 0 Å². The Hall–Kier alpha value is -1.80. The van der Waals surface area contributed by atoms with E-state index < -0.39 is 0 Å². The standard InChI is InChI=1S/C11H14N4O/c1-7-11(14-6-9-2-3-16-9)10(13)4-8(5-12)15-7/h4,9,14H,2-3,6H2,1H3,(H2,13,15). The van der Waals surface area contributed by atoms with E-state index in [2.05, 4.69) is 10.3 Å². The van der Waals surface area contributed by atoms with Gasteiger partial charge in [-0.15, -0.1) is 0 Å². The highest BCUT2D eigenvalue weighted by Gasteiger charge is 2.18. The van der Waals surface area contributed by atoms with Gasteiger partial charge in [0.25, 0.3) is 0 Å². The molecule has 1 saturated heterocycles. The molecule has 1 atom stereocenters. The van der Waals surface area contributed by atoms with Gasteiger partial charge in [-0.1, -0.05) is 0 Å². The first-order valence-corrected chi connectivity index (χ1v) is 5.23. The molecule has 3 N–H and O–H groups in total. The smallest absolute Gasteiger partial charge is 0.142 e. The summed E-state index contributed by atoms with van der Waals surface area (Å²) in [6.07, 6.45) is 1.35. The van der Waals surface area contributed by atoms with Gasteiger partial charge >= 0.3 is 0 Å². The summed E-state index contributed by atoms with van der Waals surface area (Å²) in [6, 6.07) is 3.56. The highest BCUT2D eigenvalue weighted by Crippen LogP contribution is 2.23. The maximum Gasteiger partial charge on any atom is 0.142 e. The van der Waals surface area contributed by atoms with Crippen LogP contribution in [-0.2, 0) is 4.74 Å². The van der Waals surface area contributed by atoms with E-state index in [4.69, 9.17) is 15.7 Å². The summed E-state index contributed by atoms with van der Waals surface area (Å²) in [5.74, 6) is 0. The molecule has 5 heteroatoms. The number of anilines is 2. The number of nitrogen functional groups attached to an aromatic ring is 1. The molecule has 0 aromatic carbocycles. The van der Waals surface area contributed by atoms with Crippen molar-refractivity contribution in [3.63, 3.8) is 0 Å². The van der Waals surface area contributed by atoms with E-state index in [1.165, 1.54) is 0 Å². The van der Waals surface area contributed by atoms with E-state index in [1.807, 2.05) is 13.0 Å². The Balaban J connectivity index is 2.10. The minimum absolute atomic E-state index is 0.273. The fourth-order valence-electron chi connectivity index (χ4n) is 1.65. The third-order valence-corrected chi connectivity index (χ3v) is 2.65. The van der Waals surface area contributed by atoms with E-state index in [9.17, 15) is 0 Å². The van der Waals surface area contributed by atoms with Gasteiger partial charge in [0.2, 0.25) is 0 Å². The normalized spacial score (nSPS) is 18.6. The molecule has 2 rings (SSSR count). The number of hydrogen-bond donors (Lipinski definition) is 2. The third kappa shape index (κ3) is 2.07. The Morgan fingerprint density at radius 1 is 1.75 bits per heavy atom. The molecule has 84 valence electrons. The van der Waals surface area contributed by atoms with Gasteiger partial charge in [0.15, 0.2) is 0 Å². The number of nitriles is 1. The lowest BCUT2D eigenvalue weighted by Gasteiger charge is -2.27. The van der Waals surface area contributed by atoms with Crippen molar-refractivity contribution in [1.29, 1.82) is 5.26 Å². The zero-order chi connectivity index (χ0) is 11.5. The van der Waals surface area contributed by atoms with Gasteiger partial charge in [0.05, 0.1) is 23.2 Å². The van der Waals surface area contributed by atoms with Crippen molar-refractivity contribution in [3.05, 3.63) is 17.5 Å². The number of ether oxygens (including phenoxy) is 1. The zero-order valence-corrected chi connectivity index (χ0v) is 9.16. The van der Waals surface area contributed by atoms with Gasteiger partial charge in [-0.25, -0.2) is 4.98 Å². The number of hydrogen-bond acceptors (Lipinski definition) is 5. The van der Waals surface area contributed by atoms with Crippen LogP contribution in [0, 0.1) is 18.3 Å². The predicted octanol–water partition coefficient (Wildman–Crippen LogP) is 1.04. The van der Waals surface area contributed by atoms with Gasteiger partial charge < -0.3 is 15.8 Å². The van der Waals surface area contributed by atoms with Crippen LogP contribution >= 0.6 is 0 Å².